The molecule has 2 atom stereocenters. The Balaban J connectivity index is 2.03. The van der Waals surface area contributed by atoms with E-state index in [4.69, 9.17) is 5.73 Å². The Morgan fingerprint density at radius 2 is 2.05 bits per heavy atom. The number of pyridine rings is 1. The molecule has 20 heavy (non-hydrogen) atoms. The first-order valence-electron chi connectivity index (χ1n) is 7.34. The summed E-state index contributed by atoms with van der Waals surface area (Å²) in [5.74, 6) is 0. The summed E-state index contributed by atoms with van der Waals surface area (Å²) in [5.41, 5.74) is 8.88. The second-order valence-corrected chi connectivity index (χ2v) is 6.72. The minimum atomic E-state index is 0.142. The predicted molar refractivity (Wildman–Crippen MR) is 83.5 cm³/mol. The van der Waals surface area contributed by atoms with Crippen LogP contribution in [0.4, 0.5) is 0 Å². The number of nitrogens with zero attached hydrogens (tertiary/aromatic N) is 2. The first-order chi connectivity index (χ1) is 9.47. The Labute approximate surface area is 120 Å². The van der Waals surface area contributed by atoms with Gasteiger partial charge in [-0.2, -0.15) is 0 Å². The SMILES string of the molecule is CC(C)(C)N1CCC(N)C1c1ccc2ncccc2c1. The first kappa shape index (κ1) is 13.5. The van der Waals surface area contributed by atoms with Gasteiger partial charge in [-0.15, -0.1) is 0 Å². The van der Waals surface area contributed by atoms with E-state index in [9.17, 15) is 0 Å². The fraction of sp³-hybridized carbons (Fsp3) is 0.471. The van der Waals surface area contributed by atoms with Crippen LogP contribution in [-0.4, -0.2) is 28.0 Å². The highest BCUT2D eigenvalue weighted by atomic mass is 15.3. The van der Waals surface area contributed by atoms with Gasteiger partial charge in [0.2, 0.25) is 0 Å². The third-order valence-corrected chi connectivity index (χ3v) is 4.27. The molecule has 1 aliphatic heterocycles. The highest BCUT2D eigenvalue weighted by molar-refractivity contribution is 5.79. The molecule has 1 aromatic carbocycles. The molecule has 0 amide bonds. The molecule has 0 aliphatic carbocycles. The van der Waals surface area contributed by atoms with Crippen molar-refractivity contribution in [3.8, 4) is 0 Å². The van der Waals surface area contributed by atoms with Gasteiger partial charge in [-0.3, -0.25) is 9.88 Å². The molecule has 0 saturated carbocycles. The summed E-state index contributed by atoms with van der Waals surface area (Å²) >= 11 is 0. The van der Waals surface area contributed by atoms with E-state index in [1.165, 1.54) is 10.9 Å². The van der Waals surface area contributed by atoms with Crippen LogP contribution in [0.1, 0.15) is 38.8 Å². The van der Waals surface area contributed by atoms with Crippen LogP contribution in [0.5, 0.6) is 0 Å². The molecule has 1 fully saturated rings. The van der Waals surface area contributed by atoms with E-state index in [0.717, 1.165) is 18.5 Å². The Morgan fingerprint density at radius 3 is 2.80 bits per heavy atom. The lowest BCUT2D eigenvalue weighted by atomic mass is 9.96. The van der Waals surface area contributed by atoms with Gasteiger partial charge in [0.1, 0.15) is 0 Å². The van der Waals surface area contributed by atoms with E-state index >= 15 is 0 Å². The molecule has 1 aromatic heterocycles. The molecule has 106 valence electrons. The van der Waals surface area contributed by atoms with Gasteiger partial charge in [0.15, 0.2) is 0 Å². The molecule has 2 aromatic rings. The van der Waals surface area contributed by atoms with Crippen LogP contribution < -0.4 is 5.73 Å². The minimum Gasteiger partial charge on any atom is -0.326 e. The largest absolute Gasteiger partial charge is 0.326 e. The van der Waals surface area contributed by atoms with Crippen LogP contribution >= 0.6 is 0 Å². The smallest absolute Gasteiger partial charge is 0.0702 e. The van der Waals surface area contributed by atoms with Crippen molar-refractivity contribution in [2.45, 2.75) is 44.8 Å². The topological polar surface area (TPSA) is 42.1 Å². The molecule has 1 saturated heterocycles. The number of hydrogen-bond donors (Lipinski definition) is 1. The Bertz CT molecular complexity index is 615. The molecule has 2 unspecified atom stereocenters. The molecule has 0 radical (unpaired) electrons. The fourth-order valence-electron chi connectivity index (χ4n) is 3.27. The van der Waals surface area contributed by atoms with Gasteiger partial charge in [-0.1, -0.05) is 12.1 Å². The summed E-state index contributed by atoms with van der Waals surface area (Å²) in [6.07, 6.45) is 2.90. The van der Waals surface area contributed by atoms with Crippen LogP contribution in [0.2, 0.25) is 0 Å². The molecule has 2 heterocycles. The summed E-state index contributed by atoms with van der Waals surface area (Å²) in [6, 6.07) is 11.2. The average molecular weight is 269 g/mol. The minimum absolute atomic E-state index is 0.142. The molecular formula is C17H23N3. The fourth-order valence-corrected chi connectivity index (χ4v) is 3.27. The van der Waals surface area contributed by atoms with Crippen LogP contribution in [0, 0.1) is 0 Å². The van der Waals surface area contributed by atoms with Gasteiger partial charge in [0.05, 0.1) is 11.6 Å². The Hall–Kier alpha value is -1.45. The van der Waals surface area contributed by atoms with Crippen LogP contribution in [0.25, 0.3) is 10.9 Å². The number of benzene rings is 1. The van der Waals surface area contributed by atoms with Gasteiger partial charge in [-0.05, 0) is 51.0 Å². The van der Waals surface area contributed by atoms with E-state index in [-0.39, 0.29) is 11.6 Å². The maximum absolute atomic E-state index is 6.38. The second-order valence-electron chi connectivity index (χ2n) is 6.72. The Kier molecular flexibility index (Phi) is 3.27. The van der Waals surface area contributed by atoms with E-state index in [1.807, 2.05) is 12.3 Å². The zero-order valence-electron chi connectivity index (χ0n) is 12.5. The third kappa shape index (κ3) is 2.32. The maximum Gasteiger partial charge on any atom is 0.0702 e. The van der Waals surface area contributed by atoms with Crippen molar-refractivity contribution >= 4 is 10.9 Å². The number of hydrogen-bond acceptors (Lipinski definition) is 3. The van der Waals surface area contributed by atoms with Crippen molar-refractivity contribution in [2.24, 2.45) is 5.73 Å². The van der Waals surface area contributed by atoms with E-state index in [2.05, 4.69) is 54.9 Å². The maximum atomic E-state index is 6.38. The summed E-state index contributed by atoms with van der Waals surface area (Å²) in [7, 11) is 0. The van der Waals surface area contributed by atoms with Gasteiger partial charge < -0.3 is 5.73 Å². The standard InChI is InChI=1S/C17H23N3/c1-17(2,3)20-10-8-14(18)16(20)13-6-7-15-12(11-13)5-4-9-19-15/h4-7,9,11,14,16H,8,10,18H2,1-3H3. The zero-order valence-corrected chi connectivity index (χ0v) is 12.5. The highest BCUT2D eigenvalue weighted by Crippen LogP contribution is 2.37. The molecule has 0 bridgehead atoms. The quantitative estimate of drug-likeness (QED) is 0.865. The van der Waals surface area contributed by atoms with Crippen LogP contribution in [0.15, 0.2) is 36.5 Å². The van der Waals surface area contributed by atoms with Gasteiger partial charge in [0.25, 0.3) is 0 Å². The molecule has 2 N–H and O–H groups in total. The van der Waals surface area contributed by atoms with Crippen molar-refractivity contribution in [3.05, 3.63) is 42.1 Å². The van der Waals surface area contributed by atoms with E-state index in [0.29, 0.717) is 6.04 Å². The number of aromatic nitrogens is 1. The molecule has 1 aliphatic rings. The van der Waals surface area contributed by atoms with Crippen LogP contribution in [0.3, 0.4) is 0 Å². The van der Waals surface area contributed by atoms with E-state index < -0.39 is 0 Å². The van der Waals surface area contributed by atoms with Crippen molar-refractivity contribution in [2.75, 3.05) is 6.54 Å². The second kappa shape index (κ2) is 4.83. The monoisotopic (exact) mass is 269 g/mol. The predicted octanol–water partition coefficient (Wildman–Crippen LogP) is 3.11. The first-order valence-corrected chi connectivity index (χ1v) is 7.34. The summed E-state index contributed by atoms with van der Waals surface area (Å²) < 4.78 is 0. The lowest BCUT2D eigenvalue weighted by Gasteiger charge is -2.38. The van der Waals surface area contributed by atoms with E-state index in [1.54, 1.807) is 0 Å². The molecule has 0 spiro atoms. The molecule has 3 heteroatoms. The highest BCUT2D eigenvalue weighted by Gasteiger charge is 2.38. The molecule has 3 nitrogen and oxygen atoms in total. The van der Waals surface area contributed by atoms with Gasteiger partial charge in [0, 0.05) is 29.7 Å². The van der Waals surface area contributed by atoms with Crippen molar-refractivity contribution in [1.82, 2.24) is 9.88 Å². The van der Waals surface area contributed by atoms with Crippen molar-refractivity contribution in [1.29, 1.82) is 0 Å². The van der Waals surface area contributed by atoms with Crippen LogP contribution in [-0.2, 0) is 0 Å². The van der Waals surface area contributed by atoms with Crippen molar-refractivity contribution in [3.63, 3.8) is 0 Å². The van der Waals surface area contributed by atoms with Crippen molar-refractivity contribution < 1.29 is 0 Å². The summed E-state index contributed by atoms with van der Waals surface area (Å²) in [5, 5.41) is 1.19. The van der Waals surface area contributed by atoms with Gasteiger partial charge >= 0.3 is 0 Å². The lowest BCUT2D eigenvalue weighted by Crippen LogP contribution is -2.43. The average Bonchev–Trinajstić information content (AvgIpc) is 2.80. The zero-order chi connectivity index (χ0) is 14.3. The normalized spacial score (nSPS) is 24.4. The Morgan fingerprint density at radius 1 is 1.25 bits per heavy atom. The number of likely N-dealkylation sites (tertiary alicyclic amines) is 1. The van der Waals surface area contributed by atoms with Gasteiger partial charge in [-0.25, -0.2) is 0 Å². The summed E-state index contributed by atoms with van der Waals surface area (Å²) in [6.45, 7) is 7.86. The number of rotatable bonds is 1. The third-order valence-electron chi connectivity index (χ3n) is 4.27. The molecular weight excluding hydrogens is 246 g/mol. The summed E-state index contributed by atoms with van der Waals surface area (Å²) in [4.78, 5) is 6.91. The number of nitrogens with two attached hydrogens (primary N) is 1. The lowest BCUT2D eigenvalue weighted by molar-refractivity contribution is 0.117. The molecule has 3 rings (SSSR count). The number of fused-ring (bicyclic) bond motifs is 1.